The van der Waals surface area contributed by atoms with Gasteiger partial charge < -0.3 is 15.4 Å². The van der Waals surface area contributed by atoms with E-state index in [1.165, 1.54) is 11.3 Å². The average Bonchev–Trinajstić information content (AvgIpc) is 2.30. The number of benzene rings is 1. The van der Waals surface area contributed by atoms with Crippen molar-refractivity contribution in [1.29, 1.82) is 0 Å². The molecule has 3 nitrogen and oxygen atoms in total. The predicted octanol–water partition coefficient (Wildman–Crippen LogP) is 2.23. The lowest BCUT2D eigenvalue weighted by Crippen LogP contribution is -2.36. The number of morpholine rings is 1. The highest BCUT2D eigenvalue weighted by Gasteiger charge is 2.13. The molecule has 1 fully saturated rings. The Morgan fingerprint density at radius 3 is 2.56 bits per heavy atom. The summed E-state index contributed by atoms with van der Waals surface area (Å²) in [5, 5.41) is 0. The van der Waals surface area contributed by atoms with Crippen molar-refractivity contribution in [3.05, 3.63) is 23.8 Å². The zero-order valence-electron chi connectivity index (χ0n) is 10.1. The van der Waals surface area contributed by atoms with Crippen LogP contribution >= 0.6 is 0 Å². The molecule has 1 aliphatic rings. The van der Waals surface area contributed by atoms with Crippen molar-refractivity contribution < 1.29 is 4.74 Å². The van der Waals surface area contributed by atoms with Crippen LogP contribution in [0.5, 0.6) is 0 Å². The van der Waals surface area contributed by atoms with Gasteiger partial charge in [0.05, 0.1) is 13.2 Å². The number of nitrogens with two attached hydrogens (primary N) is 1. The first-order chi connectivity index (χ1) is 7.68. The van der Waals surface area contributed by atoms with E-state index in [0.29, 0.717) is 5.92 Å². The molecule has 0 saturated carbocycles. The van der Waals surface area contributed by atoms with Gasteiger partial charge >= 0.3 is 0 Å². The molecule has 1 saturated heterocycles. The Morgan fingerprint density at radius 1 is 1.25 bits per heavy atom. The summed E-state index contributed by atoms with van der Waals surface area (Å²) >= 11 is 0. The summed E-state index contributed by atoms with van der Waals surface area (Å²) in [5.74, 6) is 0.473. The molecule has 0 aliphatic carbocycles. The molecule has 0 spiro atoms. The number of anilines is 2. The summed E-state index contributed by atoms with van der Waals surface area (Å²) < 4.78 is 5.36. The Balaban J connectivity index is 2.24. The summed E-state index contributed by atoms with van der Waals surface area (Å²) in [7, 11) is 0. The Labute approximate surface area is 97.2 Å². The Bertz CT molecular complexity index is 357. The third-order valence-electron chi connectivity index (χ3n) is 3.07. The maximum atomic E-state index is 5.98. The van der Waals surface area contributed by atoms with E-state index < -0.39 is 0 Å². The maximum absolute atomic E-state index is 5.98. The van der Waals surface area contributed by atoms with Crippen LogP contribution in [0.3, 0.4) is 0 Å². The first-order valence-corrected chi connectivity index (χ1v) is 5.90. The fraction of sp³-hybridized carbons (Fsp3) is 0.538. The van der Waals surface area contributed by atoms with Gasteiger partial charge in [0.2, 0.25) is 0 Å². The fourth-order valence-corrected chi connectivity index (χ4v) is 2.08. The van der Waals surface area contributed by atoms with Crippen molar-refractivity contribution in [2.24, 2.45) is 0 Å². The van der Waals surface area contributed by atoms with Crippen LogP contribution in [0.4, 0.5) is 11.4 Å². The van der Waals surface area contributed by atoms with Gasteiger partial charge in [-0.15, -0.1) is 0 Å². The molecule has 0 bridgehead atoms. The number of nitrogen functional groups attached to an aromatic ring is 1. The normalized spacial score (nSPS) is 16.8. The lowest BCUT2D eigenvalue weighted by molar-refractivity contribution is 0.122. The minimum atomic E-state index is 0.473. The van der Waals surface area contributed by atoms with E-state index in [-0.39, 0.29) is 0 Å². The SMILES string of the molecule is CC(C)c1cc(N2CCOCC2)ccc1N. The Hall–Kier alpha value is -1.22. The standard InChI is InChI=1S/C13H20N2O/c1-10(2)12-9-11(3-4-13(12)14)15-5-7-16-8-6-15/h3-4,9-10H,5-8,14H2,1-2H3. The topological polar surface area (TPSA) is 38.5 Å². The summed E-state index contributed by atoms with van der Waals surface area (Å²) in [5.41, 5.74) is 9.38. The van der Waals surface area contributed by atoms with E-state index in [0.717, 1.165) is 32.0 Å². The zero-order valence-corrected chi connectivity index (χ0v) is 10.1. The molecule has 0 amide bonds. The summed E-state index contributed by atoms with van der Waals surface area (Å²) in [6.07, 6.45) is 0. The summed E-state index contributed by atoms with van der Waals surface area (Å²) in [4.78, 5) is 2.36. The molecule has 2 N–H and O–H groups in total. The minimum Gasteiger partial charge on any atom is -0.398 e. The van der Waals surface area contributed by atoms with Gasteiger partial charge in [-0.05, 0) is 29.7 Å². The van der Waals surface area contributed by atoms with Crippen molar-refractivity contribution in [3.63, 3.8) is 0 Å². The zero-order chi connectivity index (χ0) is 11.5. The molecular formula is C13H20N2O. The van der Waals surface area contributed by atoms with E-state index in [1.807, 2.05) is 6.07 Å². The van der Waals surface area contributed by atoms with Crippen LogP contribution < -0.4 is 10.6 Å². The molecule has 1 aromatic rings. The van der Waals surface area contributed by atoms with Crippen molar-refractivity contribution >= 4 is 11.4 Å². The molecule has 0 aromatic heterocycles. The number of nitrogens with zero attached hydrogens (tertiary/aromatic N) is 1. The molecule has 2 rings (SSSR count). The quantitative estimate of drug-likeness (QED) is 0.777. The first-order valence-electron chi connectivity index (χ1n) is 5.90. The van der Waals surface area contributed by atoms with E-state index in [4.69, 9.17) is 10.5 Å². The molecule has 1 heterocycles. The van der Waals surface area contributed by atoms with Gasteiger partial charge in [0.15, 0.2) is 0 Å². The van der Waals surface area contributed by atoms with Gasteiger partial charge in [-0.3, -0.25) is 0 Å². The molecular weight excluding hydrogens is 200 g/mol. The first kappa shape index (κ1) is 11.3. The van der Waals surface area contributed by atoms with Crippen LogP contribution in [0.2, 0.25) is 0 Å². The van der Waals surface area contributed by atoms with E-state index in [1.54, 1.807) is 0 Å². The van der Waals surface area contributed by atoms with Gasteiger partial charge in [0, 0.05) is 24.5 Å². The lowest BCUT2D eigenvalue weighted by Gasteiger charge is -2.29. The third kappa shape index (κ3) is 2.30. The number of hydrogen-bond donors (Lipinski definition) is 1. The van der Waals surface area contributed by atoms with Gasteiger partial charge in [-0.1, -0.05) is 13.8 Å². The predicted molar refractivity (Wildman–Crippen MR) is 68.0 cm³/mol. The highest BCUT2D eigenvalue weighted by atomic mass is 16.5. The Kier molecular flexibility index (Phi) is 3.34. The smallest absolute Gasteiger partial charge is 0.0642 e. The van der Waals surface area contributed by atoms with Crippen LogP contribution in [0.1, 0.15) is 25.3 Å². The molecule has 3 heteroatoms. The van der Waals surface area contributed by atoms with Crippen molar-refractivity contribution in [2.75, 3.05) is 36.9 Å². The molecule has 0 radical (unpaired) electrons. The largest absolute Gasteiger partial charge is 0.398 e. The minimum absolute atomic E-state index is 0.473. The van der Waals surface area contributed by atoms with E-state index >= 15 is 0 Å². The molecule has 1 aliphatic heterocycles. The fourth-order valence-electron chi connectivity index (χ4n) is 2.08. The van der Waals surface area contributed by atoms with Crippen molar-refractivity contribution in [3.8, 4) is 0 Å². The van der Waals surface area contributed by atoms with Gasteiger partial charge in [0.1, 0.15) is 0 Å². The monoisotopic (exact) mass is 220 g/mol. The van der Waals surface area contributed by atoms with E-state index in [9.17, 15) is 0 Å². The average molecular weight is 220 g/mol. The number of rotatable bonds is 2. The highest BCUT2D eigenvalue weighted by molar-refractivity contribution is 5.59. The third-order valence-corrected chi connectivity index (χ3v) is 3.07. The number of hydrogen-bond acceptors (Lipinski definition) is 3. The second-order valence-corrected chi connectivity index (χ2v) is 4.57. The van der Waals surface area contributed by atoms with Crippen LogP contribution in [0.25, 0.3) is 0 Å². The number of ether oxygens (including phenoxy) is 1. The van der Waals surface area contributed by atoms with Crippen molar-refractivity contribution in [1.82, 2.24) is 0 Å². The van der Waals surface area contributed by atoms with Gasteiger partial charge in [0.25, 0.3) is 0 Å². The second-order valence-electron chi connectivity index (χ2n) is 4.57. The summed E-state index contributed by atoms with van der Waals surface area (Å²) in [6.45, 7) is 7.94. The maximum Gasteiger partial charge on any atom is 0.0642 e. The van der Waals surface area contributed by atoms with Crippen LogP contribution in [0.15, 0.2) is 18.2 Å². The molecule has 0 unspecified atom stereocenters. The lowest BCUT2D eigenvalue weighted by atomic mass is 10.0. The van der Waals surface area contributed by atoms with E-state index in [2.05, 4.69) is 30.9 Å². The molecule has 88 valence electrons. The van der Waals surface area contributed by atoms with Crippen LogP contribution in [-0.2, 0) is 4.74 Å². The van der Waals surface area contributed by atoms with Gasteiger partial charge in [-0.25, -0.2) is 0 Å². The summed E-state index contributed by atoms with van der Waals surface area (Å²) in [6, 6.07) is 6.33. The van der Waals surface area contributed by atoms with Crippen LogP contribution in [-0.4, -0.2) is 26.3 Å². The molecule has 0 atom stereocenters. The van der Waals surface area contributed by atoms with Gasteiger partial charge in [-0.2, -0.15) is 0 Å². The van der Waals surface area contributed by atoms with Crippen molar-refractivity contribution in [2.45, 2.75) is 19.8 Å². The second kappa shape index (κ2) is 4.74. The molecule has 16 heavy (non-hydrogen) atoms. The molecule has 1 aromatic carbocycles. The highest BCUT2D eigenvalue weighted by Crippen LogP contribution is 2.27. The Morgan fingerprint density at radius 2 is 1.94 bits per heavy atom. The van der Waals surface area contributed by atoms with Crippen LogP contribution in [0, 0.1) is 0 Å².